The molecule has 3 aliphatic rings. The number of amides is 2. The third-order valence-corrected chi connectivity index (χ3v) is 4.91. The molecule has 1 N–H and O–H groups in total. The molecule has 2 fully saturated rings. The number of hydrogen-bond acceptors (Lipinski definition) is 3. The highest BCUT2D eigenvalue weighted by Gasteiger charge is 2.59. The maximum atomic E-state index is 12.5. The van der Waals surface area contributed by atoms with Gasteiger partial charge in [-0.2, -0.15) is 0 Å². The van der Waals surface area contributed by atoms with Crippen LogP contribution in [0.2, 0.25) is 0 Å². The summed E-state index contributed by atoms with van der Waals surface area (Å²) >= 11 is 0. The predicted octanol–water partition coefficient (Wildman–Crippen LogP) is 1.59. The van der Waals surface area contributed by atoms with Crippen LogP contribution in [0.1, 0.15) is 33.6 Å². The van der Waals surface area contributed by atoms with Crippen molar-refractivity contribution < 1.29 is 14.7 Å². The molecule has 1 saturated carbocycles. The van der Waals surface area contributed by atoms with E-state index in [0.29, 0.717) is 12.3 Å². The van der Waals surface area contributed by atoms with Crippen molar-refractivity contribution in [2.24, 2.45) is 29.6 Å². The Balaban J connectivity index is 1.77. The average Bonchev–Trinajstić information content (AvgIpc) is 2.97. The zero-order chi connectivity index (χ0) is 14.7. The summed E-state index contributed by atoms with van der Waals surface area (Å²) in [6.45, 7) is 5.91. The van der Waals surface area contributed by atoms with Crippen LogP contribution in [0.5, 0.6) is 0 Å². The molecule has 20 heavy (non-hydrogen) atoms. The maximum Gasteiger partial charge on any atom is 0.233 e. The van der Waals surface area contributed by atoms with E-state index >= 15 is 0 Å². The van der Waals surface area contributed by atoms with Crippen molar-refractivity contribution >= 4 is 11.8 Å². The fraction of sp³-hybridized carbons (Fsp3) is 0.750. The summed E-state index contributed by atoms with van der Waals surface area (Å²) in [4.78, 5) is 26.3. The standard InChI is InChI=1S/C16H23NO3/c1-9(2)7-16(3,20)8-17-14(18)12-10-4-5-11(6-10)13(12)15(17)19/h4-5,9-13,20H,6-8H2,1-3H3. The Morgan fingerprint density at radius 3 is 2.20 bits per heavy atom. The number of carbonyl (C=O) groups is 2. The second-order valence-electron chi connectivity index (χ2n) is 7.36. The van der Waals surface area contributed by atoms with Gasteiger partial charge in [0.25, 0.3) is 0 Å². The lowest BCUT2D eigenvalue weighted by molar-refractivity contribution is -0.145. The predicted molar refractivity (Wildman–Crippen MR) is 74.5 cm³/mol. The van der Waals surface area contributed by atoms with Crippen LogP contribution in [0.25, 0.3) is 0 Å². The first kappa shape index (κ1) is 13.8. The molecule has 2 amide bonds. The van der Waals surface area contributed by atoms with Gasteiger partial charge in [-0.1, -0.05) is 26.0 Å². The van der Waals surface area contributed by atoms with Crippen LogP contribution in [0.15, 0.2) is 12.2 Å². The fourth-order valence-electron chi connectivity index (χ4n) is 4.40. The van der Waals surface area contributed by atoms with E-state index in [1.165, 1.54) is 4.90 Å². The Bertz CT molecular complexity index is 450. The average molecular weight is 277 g/mol. The first-order chi connectivity index (χ1) is 9.30. The number of likely N-dealkylation sites (tertiary alicyclic amines) is 1. The first-order valence-electron chi connectivity index (χ1n) is 7.56. The summed E-state index contributed by atoms with van der Waals surface area (Å²) in [7, 11) is 0. The monoisotopic (exact) mass is 277 g/mol. The molecule has 0 aromatic rings. The van der Waals surface area contributed by atoms with E-state index in [1.807, 2.05) is 13.8 Å². The van der Waals surface area contributed by atoms with E-state index in [4.69, 9.17) is 0 Å². The van der Waals surface area contributed by atoms with E-state index in [2.05, 4.69) is 12.2 Å². The summed E-state index contributed by atoms with van der Waals surface area (Å²) in [6, 6.07) is 0. The molecular weight excluding hydrogens is 254 g/mol. The van der Waals surface area contributed by atoms with E-state index in [-0.39, 0.29) is 42.0 Å². The number of nitrogens with zero attached hydrogens (tertiary/aromatic N) is 1. The molecule has 3 rings (SSSR count). The highest BCUT2D eigenvalue weighted by Crippen LogP contribution is 2.52. The van der Waals surface area contributed by atoms with Gasteiger partial charge in [0, 0.05) is 0 Å². The van der Waals surface area contributed by atoms with Crippen molar-refractivity contribution in [1.29, 1.82) is 0 Å². The fourth-order valence-corrected chi connectivity index (χ4v) is 4.40. The third-order valence-electron chi connectivity index (χ3n) is 4.91. The highest BCUT2D eigenvalue weighted by atomic mass is 16.3. The number of imide groups is 1. The number of fused-ring (bicyclic) bond motifs is 5. The molecule has 0 aromatic carbocycles. The summed E-state index contributed by atoms with van der Waals surface area (Å²) in [6.07, 6.45) is 5.72. The van der Waals surface area contributed by atoms with Gasteiger partial charge in [-0.15, -0.1) is 0 Å². The zero-order valence-electron chi connectivity index (χ0n) is 12.4. The minimum atomic E-state index is -0.995. The Morgan fingerprint density at radius 1 is 1.25 bits per heavy atom. The molecule has 4 heteroatoms. The summed E-state index contributed by atoms with van der Waals surface area (Å²) in [5, 5.41) is 10.4. The third kappa shape index (κ3) is 2.01. The molecule has 1 heterocycles. The van der Waals surface area contributed by atoms with Crippen molar-refractivity contribution in [3.63, 3.8) is 0 Å². The first-order valence-corrected chi connectivity index (χ1v) is 7.56. The maximum absolute atomic E-state index is 12.5. The molecule has 2 bridgehead atoms. The van der Waals surface area contributed by atoms with E-state index < -0.39 is 5.60 Å². The van der Waals surface area contributed by atoms with Crippen molar-refractivity contribution in [3.05, 3.63) is 12.2 Å². The van der Waals surface area contributed by atoms with E-state index in [0.717, 1.165) is 6.42 Å². The molecule has 2 aliphatic carbocycles. The van der Waals surface area contributed by atoms with Crippen molar-refractivity contribution in [2.45, 2.75) is 39.2 Å². The Labute approximate surface area is 119 Å². The SMILES string of the molecule is CC(C)CC(C)(O)CN1C(=O)C2C3C=CC(C3)C2C1=O. The van der Waals surface area contributed by atoms with Gasteiger partial charge in [-0.25, -0.2) is 0 Å². The van der Waals surface area contributed by atoms with Crippen molar-refractivity contribution in [1.82, 2.24) is 4.90 Å². The number of carbonyl (C=O) groups excluding carboxylic acids is 2. The second-order valence-corrected chi connectivity index (χ2v) is 7.36. The molecule has 1 aliphatic heterocycles. The van der Waals surface area contributed by atoms with Gasteiger partial charge in [0.15, 0.2) is 0 Å². The minimum Gasteiger partial charge on any atom is -0.388 e. The molecule has 5 atom stereocenters. The van der Waals surface area contributed by atoms with E-state index in [1.54, 1.807) is 6.92 Å². The Morgan fingerprint density at radius 2 is 1.75 bits per heavy atom. The van der Waals surface area contributed by atoms with Gasteiger partial charge >= 0.3 is 0 Å². The van der Waals surface area contributed by atoms with Gasteiger partial charge in [0.2, 0.25) is 11.8 Å². The molecule has 110 valence electrons. The van der Waals surface area contributed by atoms with Crippen LogP contribution in [0.3, 0.4) is 0 Å². The van der Waals surface area contributed by atoms with Crippen molar-refractivity contribution in [2.75, 3.05) is 6.54 Å². The van der Waals surface area contributed by atoms with Gasteiger partial charge in [0.05, 0.1) is 24.0 Å². The highest BCUT2D eigenvalue weighted by molar-refractivity contribution is 6.06. The summed E-state index contributed by atoms with van der Waals surface area (Å²) in [5.74, 6) is 0.347. The summed E-state index contributed by atoms with van der Waals surface area (Å²) < 4.78 is 0. The van der Waals surface area contributed by atoms with Gasteiger partial charge in [-0.05, 0) is 37.5 Å². The minimum absolute atomic E-state index is 0.0686. The Hall–Kier alpha value is -1.16. The number of rotatable bonds is 4. The molecule has 0 spiro atoms. The topological polar surface area (TPSA) is 57.6 Å². The summed E-state index contributed by atoms with van der Waals surface area (Å²) in [5.41, 5.74) is -0.995. The molecule has 4 nitrogen and oxygen atoms in total. The molecule has 0 aromatic heterocycles. The lowest BCUT2D eigenvalue weighted by atomic mass is 9.85. The molecule has 0 radical (unpaired) electrons. The normalized spacial score (nSPS) is 38.0. The van der Waals surface area contributed by atoms with Crippen LogP contribution in [0, 0.1) is 29.6 Å². The number of allylic oxidation sites excluding steroid dienone is 2. The largest absolute Gasteiger partial charge is 0.388 e. The van der Waals surface area contributed by atoms with Gasteiger partial charge < -0.3 is 5.11 Å². The number of β-amino-alcohol motifs (C(OH)–C–C–N with tert-alkyl or cyclic N) is 1. The number of aliphatic hydroxyl groups is 1. The molecule has 1 saturated heterocycles. The smallest absolute Gasteiger partial charge is 0.233 e. The van der Waals surface area contributed by atoms with Gasteiger partial charge in [0.1, 0.15) is 0 Å². The zero-order valence-corrected chi connectivity index (χ0v) is 12.4. The lowest BCUT2D eigenvalue weighted by Crippen LogP contribution is -2.45. The van der Waals surface area contributed by atoms with Crippen LogP contribution in [-0.2, 0) is 9.59 Å². The van der Waals surface area contributed by atoms with Crippen LogP contribution >= 0.6 is 0 Å². The lowest BCUT2D eigenvalue weighted by Gasteiger charge is -2.30. The molecule has 5 unspecified atom stereocenters. The van der Waals surface area contributed by atoms with Crippen LogP contribution in [0.4, 0.5) is 0 Å². The van der Waals surface area contributed by atoms with Gasteiger partial charge in [-0.3, -0.25) is 14.5 Å². The second kappa shape index (κ2) is 4.42. The number of hydrogen-bond donors (Lipinski definition) is 1. The van der Waals surface area contributed by atoms with Crippen LogP contribution < -0.4 is 0 Å². The molecular formula is C16H23NO3. The Kier molecular flexibility index (Phi) is 3.05. The van der Waals surface area contributed by atoms with E-state index in [9.17, 15) is 14.7 Å². The van der Waals surface area contributed by atoms with Crippen molar-refractivity contribution in [3.8, 4) is 0 Å². The van der Waals surface area contributed by atoms with Crippen LogP contribution in [-0.4, -0.2) is 34.0 Å². The quantitative estimate of drug-likeness (QED) is 0.627.